The van der Waals surface area contributed by atoms with E-state index in [9.17, 15) is 13.2 Å². The Morgan fingerprint density at radius 1 is 1.13 bits per heavy atom. The molecule has 1 aliphatic rings. The molecule has 0 spiro atoms. The van der Waals surface area contributed by atoms with E-state index in [1.165, 1.54) is 0 Å². The molecule has 1 aromatic carbocycles. The first-order valence-electron chi connectivity index (χ1n) is 4.72. The summed E-state index contributed by atoms with van der Waals surface area (Å²) in [4.78, 5) is 0. The molecule has 0 aromatic heterocycles. The third kappa shape index (κ3) is 1.35. The fraction of sp³-hybridized carbons (Fsp3) is 0.455. The Kier molecular flexibility index (Phi) is 1.93. The Morgan fingerprint density at radius 3 is 1.87 bits per heavy atom. The van der Waals surface area contributed by atoms with Crippen LogP contribution >= 0.6 is 0 Å². The zero-order valence-electron chi connectivity index (χ0n) is 8.57. The highest BCUT2D eigenvalue weighted by atomic mass is 19.1. The van der Waals surface area contributed by atoms with E-state index in [0.717, 1.165) is 0 Å². The van der Waals surface area contributed by atoms with Crippen molar-refractivity contribution in [2.75, 3.05) is 0 Å². The summed E-state index contributed by atoms with van der Waals surface area (Å²) in [6.07, 6.45) is 0.499. The number of halogens is 3. The standard InChI is InChI=1S/C11H12F3N/c1-10(2)5-11(10,15)9-7(13)3-6(12)4-8(9)14/h3-4H,5,15H2,1-2H3. The van der Waals surface area contributed by atoms with Crippen molar-refractivity contribution in [2.24, 2.45) is 11.1 Å². The number of hydrogen-bond donors (Lipinski definition) is 1. The quantitative estimate of drug-likeness (QED) is 0.765. The zero-order valence-corrected chi connectivity index (χ0v) is 8.57. The second kappa shape index (κ2) is 2.76. The summed E-state index contributed by atoms with van der Waals surface area (Å²) in [6, 6.07) is 1.34. The summed E-state index contributed by atoms with van der Waals surface area (Å²) in [5, 5.41) is 0. The van der Waals surface area contributed by atoms with E-state index in [-0.39, 0.29) is 11.0 Å². The van der Waals surface area contributed by atoms with Gasteiger partial charge in [0.25, 0.3) is 0 Å². The lowest BCUT2D eigenvalue weighted by Crippen LogP contribution is -2.28. The van der Waals surface area contributed by atoms with Crippen LogP contribution in [0.2, 0.25) is 0 Å². The third-order valence-corrected chi connectivity index (χ3v) is 3.26. The van der Waals surface area contributed by atoms with Crippen LogP contribution in [0.25, 0.3) is 0 Å². The van der Waals surface area contributed by atoms with Gasteiger partial charge in [-0.15, -0.1) is 0 Å². The van der Waals surface area contributed by atoms with Crippen molar-refractivity contribution in [1.29, 1.82) is 0 Å². The molecule has 15 heavy (non-hydrogen) atoms. The summed E-state index contributed by atoms with van der Waals surface area (Å²) < 4.78 is 39.5. The number of hydrogen-bond acceptors (Lipinski definition) is 1. The average Bonchev–Trinajstić information content (AvgIpc) is 2.47. The van der Waals surface area contributed by atoms with E-state index in [1.807, 2.05) is 13.8 Å². The molecule has 2 N–H and O–H groups in total. The smallest absolute Gasteiger partial charge is 0.134 e. The normalized spacial score (nSPS) is 27.9. The summed E-state index contributed by atoms with van der Waals surface area (Å²) in [7, 11) is 0. The first-order valence-corrected chi connectivity index (χ1v) is 4.72. The molecule has 2 rings (SSSR count). The number of rotatable bonds is 1. The van der Waals surface area contributed by atoms with Crippen LogP contribution in [0, 0.1) is 22.9 Å². The Hall–Kier alpha value is -1.03. The van der Waals surface area contributed by atoms with Crippen LogP contribution in [-0.4, -0.2) is 0 Å². The first-order chi connectivity index (χ1) is 6.78. The second-order valence-corrected chi connectivity index (χ2v) is 4.78. The molecule has 1 atom stereocenters. The van der Waals surface area contributed by atoms with E-state index in [4.69, 9.17) is 5.73 Å². The lowest BCUT2D eigenvalue weighted by Gasteiger charge is -2.17. The van der Waals surface area contributed by atoms with Crippen molar-refractivity contribution in [1.82, 2.24) is 0 Å². The summed E-state index contributed by atoms with van der Waals surface area (Å²) in [5.74, 6) is -2.73. The lowest BCUT2D eigenvalue weighted by atomic mass is 9.96. The molecule has 1 nitrogen and oxygen atoms in total. The number of nitrogens with two attached hydrogens (primary N) is 1. The molecule has 4 heteroatoms. The largest absolute Gasteiger partial charge is 0.321 e. The predicted octanol–water partition coefficient (Wildman–Crippen LogP) is 2.69. The fourth-order valence-electron chi connectivity index (χ4n) is 2.05. The average molecular weight is 215 g/mol. The Labute approximate surface area is 86.1 Å². The molecule has 0 aliphatic heterocycles. The van der Waals surface area contributed by atoms with Gasteiger partial charge in [-0.25, -0.2) is 13.2 Å². The van der Waals surface area contributed by atoms with Crippen LogP contribution in [0.3, 0.4) is 0 Å². The first kappa shape index (κ1) is 10.5. The van der Waals surface area contributed by atoms with Gasteiger partial charge in [0.1, 0.15) is 17.5 Å². The van der Waals surface area contributed by atoms with Crippen LogP contribution in [-0.2, 0) is 5.54 Å². The molecular formula is C11H12F3N. The number of benzene rings is 1. The van der Waals surface area contributed by atoms with Gasteiger partial charge in [0.05, 0.1) is 5.54 Å². The van der Waals surface area contributed by atoms with Gasteiger partial charge in [-0.1, -0.05) is 13.8 Å². The maximum Gasteiger partial charge on any atom is 0.134 e. The van der Waals surface area contributed by atoms with Crippen LogP contribution in [0.4, 0.5) is 13.2 Å². The van der Waals surface area contributed by atoms with Crippen molar-refractivity contribution in [2.45, 2.75) is 25.8 Å². The molecule has 0 bridgehead atoms. The van der Waals surface area contributed by atoms with E-state index in [1.54, 1.807) is 0 Å². The predicted molar refractivity (Wildman–Crippen MR) is 50.6 cm³/mol. The summed E-state index contributed by atoms with van der Waals surface area (Å²) in [6.45, 7) is 3.66. The molecule has 0 saturated heterocycles. The summed E-state index contributed by atoms with van der Waals surface area (Å²) in [5.41, 5.74) is 4.35. The fourth-order valence-corrected chi connectivity index (χ4v) is 2.05. The van der Waals surface area contributed by atoms with Crippen LogP contribution in [0.1, 0.15) is 25.8 Å². The van der Waals surface area contributed by atoms with Gasteiger partial charge in [0, 0.05) is 17.7 Å². The van der Waals surface area contributed by atoms with E-state index < -0.39 is 23.0 Å². The molecule has 1 saturated carbocycles. The molecule has 1 aliphatic carbocycles. The third-order valence-electron chi connectivity index (χ3n) is 3.26. The summed E-state index contributed by atoms with van der Waals surface area (Å²) >= 11 is 0. The molecule has 1 fully saturated rings. The minimum absolute atomic E-state index is 0.200. The molecule has 1 aromatic rings. The van der Waals surface area contributed by atoms with Gasteiger partial charge < -0.3 is 5.73 Å². The molecule has 1 unspecified atom stereocenters. The van der Waals surface area contributed by atoms with Gasteiger partial charge in [-0.3, -0.25) is 0 Å². The van der Waals surface area contributed by atoms with E-state index in [0.29, 0.717) is 18.6 Å². The topological polar surface area (TPSA) is 26.0 Å². The highest BCUT2D eigenvalue weighted by molar-refractivity contribution is 5.37. The van der Waals surface area contributed by atoms with Crippen molar-refractivity contribution in [3.05, 3.63) is 35.1 Å². The lowest BCUT2D eigenvalue weighted by molar-refractivity contribution is 0.445. The van der Waals surface area contributed by atoms with Crippen LogP contribution in [0.15, 0.2) is 12.1 Å². The van der Waals surface area contributed by atoms with E-state index in [2.05, 4.69) is 0 Å². The zero-order chi connectivity index (χ0) is 11.4. The van der Waals surface area contributed by atoms with Gasteiger partial charge in [0.2, 0.25) is 0 Å². The SMILES string of the molecule is CC1(C)CC1(N)c1c(F)cc(F)cc1F. The Balaban J connectivity index is 2.56. The van der Waals surface area contributed by atoms with Crippen LogP contribution < -0.4 is 5.73 Å². The van der Waals surface area contributed by atoms with Gasteiger partial charge in [-0.2, -0.15) is 0 Å². The Bertz CT molecular complexity index is 405. The maximum absolute atomic E-state index is 13.4. The minimum atomic E-state index is -1.01. The highest BCUT2D eigenvalue weighted by Gasteiger charge is 2.61. The molecule has 0 amide bonds. The second-order valence-electron chi connectivity index (χ2n) is 4.78. The highest BCUT2D eigenvalue weighted by Crippen LogP contribution is 2.61. The van der Waals surface area contributed by atoms with E-state index >= 15 is 0 Å². The van der Waals surface area contributed by atoms with Crippen molar-refractivity contribution < 1.29 is 13.2 Å². The molecular weight excluding hydrogens is 203 g/mol. The monoisotopic (exact) mass is 215 g/mol. The molecule has 0 radical (unpaired) electrons. The molecule has 82 valence electrons. The van der Waals surface area contributed by atoms with Gasteiger partial charge >= 0.3 is 0 Å². The Morgan fingerprint density at radius 2 is 1.53 bits per heavy atom. The van der Waals surface area contributed by atoms with Crippen molar-refractivity contribution >= 4 is 0 Å². The van der Waals surface area contributed by atoms with Crippen molar-refractivity contribution in [3.63, 3.8) is 0 Å². The maximum atomic E-state index is 13.4. The molecule has 0 heterocycles. The minimum Gasteiger partial charge on any atom is -0.321 e. The van der Waals surface area contributed by atoms with Gasteiger partial charge in [0.15, 0.2) is 0 Å². The van der Waals surface area contributed by atoms with Crippen molar-refractivity contribution in [3.8, 4) is 0 Å². The van der Waals surface area contributed by atoms with Crippen LogP contribution in [0.5, 0.6) is 0 Å². The van der Waals surface area contributed by atoms with Gasteiger partial charge in [-0.05, 0) is 11.8 Å².